The molecule has 0 aromatic heterocycles. The van der Waals surface area contributed by atoms with Crippen molar-refractivity contribution in [3.05, 3.63) is 12.7 Å². The third kappa shape index (κ3) is 6.31. The van der Waals surface area contributed by atoms with E-state index in [0.29, 0.717) is 0 Å². The average molecular weight is 244 g/mol. The smallest absolute Gasteiger partial charge is 0.323 e. The lowest BCUT2D eigenvalue weighted by molar-refractivity contribution is -0.145. The Bertz CT molecular complexity index is 316. The summed E-state index contributed by atoms with van der Waals surface area (Å²) in [6.07, 6.45) is 1.12. The molecule has 17 heavy (non-hydrogen) atoms. The fraction of sp³-hybridized carbons (Fsp3) is 0.500. The van der Waals surface area contributed by atoms with E-state index in [1.165, 1.54) is 6.08 Å². The van der Waals surface area contributed by atoms with Crippen LogP contribution in [0.1, 0.15) is 12.8 Å². The second-order valence-electron chi connectivity index (χ2n) is 3.44. The average Bonchev–Trinajstić information content (AvgIpc) is 2.23. The van der Waals surface area contributed by atoms with Crippen LogP contribution in [0.3, 0.4) is 0 Å². The van der Waals surface area contributed by atoms with E-state index in [4.69, 9.17) is 15.9 Å². The van der Waals surface area contributed by atoms with Crippen LogP contribution in [-0.2, 0) is 14.4 Å². The maximum absolute atomic E-state index is 11.7. The van der Waals surface area contributed by atoms with Crippen molar-refractivity contribution in [2.75, 3.05) is 13.1 Å². The van der Waals surface area contributed by atoms with Crippen LogP contribution < -0.4 is 5.73 Å². The molecule has 0 bridgehead atoms. The summed E-state index contributed by atoms with van der Waals surface area (Å²) in [4.78, 5) is 33.5. The Morgan fingerprint density at radius 3 is 2.29 bits per heavy atom. The Morgan fingerprint density at radius 1 is 1.29 bits per heavy atom. The van der Waals surface area contributed by atoms with Gasteiger partial charge in [-0.2, -0.15) is 0 Å². The maximum atomic E-state index is 11.7. The van der Waals surface area contributed by atoms with Crippen LogP contribution in [0.2, 0.25) is 0 Å². The van der Waals surface area contributed by atoms with Crippen LogP contribution in [0.4, 0.5) is 0 Å². The lowest BCUT2D eigenvalue weighted by Crippen LogP contribution is -2.46. The van der Waals surface area contributed by atoms with Crippen LogP contribution in [0.5, 0.6) is 0 Å². The van der Waals surface area contributed by atoms with Crippen molar-refractivity contribution >= 4 is 17.8 Å². The van der Waals surface area contributed by atoms with Gasteiger partial charge in [-0.15, -0.1) is 6.58 Å². The Morgan fingerprint density at radius 2 is 1.88 bits per heavy atom. The first-order valence-corrected chi connectivity index (χ1v) is 4.97. The normalized spacial score (nSPS) is 11.6. The molecule has 1 atom stereocenters. The van der Waals surface area contributed by atoms with E-state index in [2.05, 4.69) is 6.58 Å². The summed E-state index contributed by atoms with van der Waals surface area (Å²) in [5.41, 5.74) is 5.49. The number of rotatable bonds is 8. The second kappa shape index (κ2) is 7.39. The van der Waals surface area contributed by atoms with Crippen molar-refractivity contribution in [1.82, 2.24) is 4.90 Å². The van der Waals surface area contributed by atoms with Crippen LogP contribution >= 0.6 is 0 Å². The highest BCUT2D eigenvalue weighted by Gasteiger charge is 2.22. The summed E-state index contributed by atoms with van der Waals surface area (Å²) in [5, 5.41) is 17.0. The van der Waals surface area contributed by atoms with Gasteiger partial charge in [0.1, 0.15) is 6.54 Å². The van der Waals surface area contributed by atoms with Crippen molar-refractivity contribution in [3.63, 3.8) is 0 Å². The van der Waals surface area contributed by atoms with E-state index < -0.39 is 30.4 Å². The van der Waals surface area contributed by atoms with Crippen molar-refractivity contribution in [2.24, 2.45) is 5.73 Å². The van der Waals surface area contributed by atoms with Crippen LogP contribution in [0.15, 0.2) is 12.7 Å². The molecular weight excluding hydrogens is 228 g/mol. The minimum atomic E-state index is -1.16. The summed E-state index contributed by atoms with van der Waals surface area (Å²) in [6, 6.07) is -1.01. The number of hydrogen-bond donors (Lipinski definition) is 3. The maximum Gasteiger partial charge on any atom is 0.323 e. The molecule has 7 nitrogen and oxygen atoms in total. The number of carboxylic acid groups (broad SMARTS) is 2. The summed E-state index contributed by atoms with van der Waals surface area (Å²) in [5.74, 6) is -2.80. The molecule has 0 spiro atoms. The predicted molar refractivity (Wildman–Crippen MR) is 59.3 cm³/mol. The van der Waals surface area contributed by atoms with E-state index in [-0.39, 0.29) is 19.4 Å². The fourth-order valence-electron chi connectivity index (χ4n) is 1.19. The highest BCUT2D eigenvalue weighted by atomic mass is 16.4. The van der Waals surface area contributed by atoms with Gasteiger partial charge in [0.05, 0.1) is 6.04 Å². The van der Waals surface area contributed by atoms with Gasteiger partial charge in [-0.25, -0.2) is 0 Å². The first kappa shape index (κ1) is 15.1. The fourth-order valence-corrected chi connectivity index (χ4v) is 1.19. The first-order valence-electron chi connectivity index (χ1n) is 4.97. The standard InChI is InChI=1S/C10H16N2O5/c1-2-5-12(6-9(15)16)10(17)7(11)3-4-8(13)14/h2,7H,1,3-6,11H2,(H,13,14)(H,15,16). The van der Waals surface area contributed by atoms with E-state index >= 15 is 0 Å². The number of nitrogens with zero attached hydrogens (tertiary/aromatic N) is 1. The number of amides is 1. The lowest BCUT2D eigenvalue weighted by atomic mass is 10.1. The minimum absolute atomic E-state index is 0.0264. The molecule has 1 unspecified atom stereocenters. The molecule has 0 rings (SSSR count). The molecular formula is C10H16N2O5. The second-order valence-corrected chi connectivity index (χ2v) is 3.44. The largest absolute Gasteiger partial charge is 0.481 e. The molecule has 0 radical (unpaired) electrons. The van der Waals surface area contributed by atoms with Crippen molar-refractivity contribution < 1.29 is 24.6 Å². The van der Waals surface area contributed by atoms with Crippen LogP contribution in [0, 0.1) is 0 Å². The number of nitrogens with two attached hydrogens (primary N) is 1. The zero-order chi connectivity index (χ0) is 13.4. The van der Waals surface area contributed by atoms with Gasteiger partial charge < -0.3 is 20.8 Å². The number of carbonyl (C=O) groups excluding carboxylic acids is 1. The molecule has 96 valence electrons. The molecule has 7 heteroatoms. The molecule has 0 heterocycles. The van der Waals surface area contributed by atoms with Gasteiger partial charge in [-0.3, -0.25) is 14.4 Å². The predicted octanol–water partition coefficient (Wildman–Crippen LogP) is -0.722. The van der Waals surface area contributed by atoms with Crippen LogP contribution in [-0.4, -0.2) is 52.1 Å². The third-order valence-corrected chi connectivity index (χ3v) is 1.97. The van der Waals surface area contributed by atoms with Gasteiger partial charge in [0.25, 0.3) is 0 Å². The lowest BCUT2D eigenvalue weighted by Gasteiger charge is -2.22. The van der Waals surface area contributed by atoms with E-state index in [9.17, 15) is 14.4 Å². The Labute approximate surface area is 98.5 Å². The Balaban J connectivity index is 4.42. The summed E-state index contributed by atoms with van der Waals surface area (Å²) in [7, 11) is 0. The molecule has 4 N–H and O–H groups in total. The third-order valence-electron chi connectivity index (χ3n) is 1.97. The number of aliphatic carboxylic acids is 2. The highest BCUT2D eigenvalue weighted by molar-refractivity contribution is 5.85. The monoisotopic (exact) mass is 244 g/mol. The molecule has 0 aliphatic rings. The van der Waals surface area contributed by atoms with E-state index in [1.807, 2.05) is 0 Å². The van der Waals surface area contributed by atoms with Crippen molar-refractivity contribution in [2.45, 2.75) is 18.9 Å². The van der Waals surface area contributed by atoms with Gasteiger partial charge in [0, 0.05) is 13.0 Å². The molecule has 0 aromatic carbocycles. The SMILES string of the molecule is C=CCN(CC(=O)O)C(=O)C(N)CCC(=O)O. The molecule has 0 saturated heterocycles. The number of hydrogen-bond acceptors (Lipinski definition) is 4. The Hall–Kier alpha value is -1.89. The molecule has 0 aliphatic heterocycles. The van der Waals surface area contributed by atoms with Gasteiger partial charge in [-0.1, -0.05) is 6.08 Å². The summed E-state index contributed by atoms with van der Waals surface area (Å²) < 4.78 is 0. The van der Waals surface area contributed by atoms with Gasteiger partial charge >= 0.3 is 11.9 Å². The van der Waals surface area contributed by atoms with Gasteiger partial charge in [0.15, 0.2) is 0 Å². The van der Waals surface area contributed by atoms with Crippen LogP contribution in [0.25, 0.3) is 0 Å². The number of carboxylic acids is 2. The van der Waals surface area contributed by atoms with Gasteiger partial charge in [0.2, 0.25) is 5.91 Å². The van der Waals surface area contributed by atoms with Crippen molar-refractivity contribution in [1.29, 1.82) is 0 Å². The molecule has 0 saturated carbocycles. The molecule has 0 aromatic rings. The summed E-state index contributed by atoms with van der Waals surface area (Å²) in [6.45, 7) is 2.98. The zero-order valence-corrected chi connectivity index (χ0v) is 9.33. The molecule has 0 aliphatic carbocycles. The van der Waals surface area contributed by atoms with E-state index in [1.54, 1.807) is 0 Å². The topological polar surface area (TPSA) is 121 Å². The Kier molecular flexibility index (Phi) is 6.57. The first-order chi connectivity index (χ1) is 7.88. The van der Waals surface area contributed by atoms with Gasteiger partial charge in [-0.05, 0) is 6.42 Å². The quantitative estimate of drug-likeness (QED) is 0.484. The van der Waals surface area contributed by atoms with E-state index in [0.717, 1.165) is 4.90 Å². The molecule has 1 amide bonds. The van der Waals surface area contributed by atoms with Crippen molar-refractivity contribution in [3.8, 4) is 0 Å². The minimum Gasteiger partial charge on any atom is -0.481 e. The summed E-state index contributed by atoms with van der Waals surface area (Å²) >= 11 is 0. The molecule has 0 fully saturated rings. The highest BCUT2D eigenvalue weighted by Crippen LogP contribution is 2.01. The number of carbonyl (C=O) groups is 3. The zero-order valence-electron chi connectivity index (χ0n) is 9.33.